The van der Waals surface area contributed by atoms with Crippen LogP contribution < -0.4 is 10.9 Å². The highest BCUT2D eigenvalue weighted by Gasteiger charge is 2.47. The third kappa shape index (κ3) is 4.14. The molecule has 1 aliphatic rings. The molecule has 0 aliphatic heterocycles. The van der Waals surface area contributed by atoms with Crippen LogP contribution in [0.5, 0.6) is 0 Å². The van der Waals surface area contributed by atoms with E-state index >= 15 is 0 Å². The van der Waals surface area contributed by atoms with E-state index in [0.717, 1.165) is 0 Å². The number of aromatic amines is 1. The maximum absolute atomic E-state index is 13.1. The van der Waals surface area contributed by atoms with Crippen molar-refractivity contribution in [2.45, 2.75) is 52.3 Å². The number of amides is 1. The highest BCUT2D eigenvalue weighted by atomic mass is 19.4. The molecular formula is C16H21F3N2O2. The van der Waals surface area contributed by atoms with Crippen LogP contribution in [0.2, 0.25) is 0 Å². The van der Waals surface area contributed by atoms with Crippen molar-refractivity contribution in [3.63, 3.8) is 0 Å². The van der Waals surface area contributed by atoms with Gasteiger partial charge in [-0.3, -0.25) is 9.59 Å². The summed E-state index contributed by atoms with van der Waals surface area (Å²) in [6.45, 7) is 3.43. The Hall–Kier alpha value is -1.79. The molecule has 7 heteroatoms. The van der Waals surface area contributed by atoms with E-state index in [0.29, 0.717) is 29.7 Å². The van der Waals surface area contributed by atoms with Gasteiger partial charge in [-0.05, 0) is 38.3 Å². The largest absolute Gasteiger partial charge is 0.392 e. The Morgan fingerprint density at radius 1 is 1.30 bits per heavy atom. The molecule has 1 aromatic rings. The minimum absolute atomic E-state index is 0.00820. The third-order valence-electron chi connectivity index (χ3n) is 4.46. The van der Waals surface area contributed by atoms with Crippen LogP contribution >= 0.6 is 0 Å². The molecule has 0 aromatic carbocycles. The van der Waals surface area contributed by atoms with E-state index in [4.69, 9.17) is 0 Å². The quantitative estimate of drug-likeness (QED) is 0.895. The minimum Gasteiger partial charge on any atom is -0.352 e. The normalized spacial score (nSPS) is 22.0. The van der Waals surface area contributed by atoms with Crippen LogP contribution in [-0.2, 0) is 11.3 Å². The molecule has 1 heterocycles. The summed E-state index contributed by atoms with van der Waals surface area (Å²) >= 11 is 0. The maximum Gasteiger partial charge on any atom is 0.392 e. The van der Waals surface area contributed by atoms with Crippen LogP contribution in [0, 0.1) is 25.7 Å². The number of nitrogens with one attached hydrogen (secondary N) is 2. The fraction of sp³-hybridized carbons (Fsp3) is 0.625. The summed E-state index contributed by atoms with van der Waals surface area (Å²) in [6, 6.07) is 1.77. The van der Waals surface area contributed by atoms with Gasteiger partial charge >= 0.3 is 6.18 Å². The maximum atomic E-state index is 13.1. The molecule has 4 nitrogen and oxygen atoms in total. The van der Waals surface area contributed by atoms with Gasteiger partial charge in [-0.2, -0.15) is 13.2 Å². The van der Waals surface area contributed by atoms with E-state index in [2.05, 4.69) is 10.3 Å². The molecule has 2 N–H and O–H groups in total. The number of hydrogen-bond donors (Lipinski definition) is 2. The monoisotopic (exact) mass is 330 g/mol. The molecule has 2 rings (SSSR count). The first-order chi connectivity index (χ1) is 10.7. The van der Waals surface area contributed by atoms with E-state index in [-0.39, 0.29) is 24.9 Å². The van der Waals surface area contributed by atoms with E-state index in [1.54, 1.807) is 19.9 Å². The molecule has 0 unspecified atom stereocenters. The van der Waals surface area contributed by atoms with Crippen molar-refractivity contribution < 1.29 is 18.0 Å². The molecular weight excluding hydrogens is 309 g/mol. The Morgan fingerprint density at radius 2 is 1.96 bits per heavy atom. The fourth-order valence-corrected chi connectivity index (χ4v) is 3.24. The zero-order valence-corrected chi connectivity index (χ0v) is 13.2. The lowest BCUT2D eigenvalue weighted by molar-refractivity contribution is -0.198. The fourth-order valence-electron chi connectivity index (χ4n) is 3.24. The smallest absolute Gasteiger partial charge is 0.352 e. The predicted octanol–water partition coefficient (Wildman–Crippen LogP) is 2.98. The third-order valence-corrected chi connectivity index (χ3v) is 4.46. The number of hydrogen-bond acceptors (Lipinski definition) is 2. The van der Waals surface area contributed by atoms with Gasteiger partial charge in [-0.15, -0.1) is 0 Å². The second-order valence-corrected chi connectivity index (χ2v) is 6.20. The Labute approximate surface area is 132 Å². The summed E-state index contributed by atoms with van der Waals surface area (Å²) in [5.74, 6) is -3.27. The van der Waals surface area contributed by atoms with E-state index in [1.165, 1.54) is 0 Å². The summed E-state index contributed by atoms with van der Waals surface area (Å²) in [4.78, 5) is 26.7. The molecule has 0 spiro atoms. The van der Waals surface area contributed by atoms with Gasteiger partial charge in [0, 0.05) is 23.7 Å². The summed E-state index contributed by atoms with van der Waals surface area (Å²) in [5.41, 5.74) is 1.47. The van der Waals surface area contributed by atoms with Crippen molar-refractivity contribution in [1.29, 1.82) is 0 Å². The average molecular weight is 330 g/mol. The van der Waals surface area contributed by atoms with Gasteiger partial charge in [-0.25, -0.2) is 0 Å². The van der Waals surface area contributed by atoms with Gasteiger partial charge in [-0.1, -0.05) is 12.8 Å². The number of carbonyl (C=O) groups is 1. The molecule has 23 heavy (non-hydrogen) atoms. The molecule has 1 saturated carbocycles. The predicted molar refractivity (Wildman–Crippen MR) is 79.9 cm³/mol. The van der Waals surface area contributed by atoms with Crippen LogP contribution in [-0.4, -0.2) is 17.1 Å². The Morgan fingerprint density at radius 3 is 2.57 bits per heavy atom. The number of pyridine rings is 1. The summed E-state index contributed by atoms with van der Waals surface area (Å²) in [5, 5.41) is 2.51. The molecule has 0 radical (unpaired) electrons. The first kappa shape index (κ1) is 17.6. The van der Waals surface area contributed by atoms with E-state index < -0.39 is 23.9 Å². The first-order valence-corrected chi connectivity index (χ1v) is 7.74. The second-order valence-electron chi connectivity index (χ2n) is 6.20. The Kier molecular flexibility index (Phi) is 5.16. The van der Waals surface area contributed by atoms with Crippen molar-refractivity contribution in [3.8, 4) is 0 Å². The SMILES string of the molecule is Cc1cc(C)c(CNC(=O)[C@@H]2CCCC[C@H]2C(F)(F)F)c(=O)[nH]1. The lowest BCUT2D eigenvalue weighted by Crippen LogP contribution is -2.42. The molecule has 1 fully saturated rings. The zero-order valence-electron chi connectivity index (χ0n) is 13.2. The van der Waals surface area contributed by atoms with Crippen molar-refractivity contribution in [2.75, 3.05) is 0 Å². The van der Waals surface area contributed by atoms with E-state index in [9.17, 15) is 22.8 Å². The van der Waals surface area contributed by atoms with Crippen molar-refractivity contribution >= 4 is 5.91 Å². The van der Waals surface area contributed by atoms with Crippen LogP contribution in [0.1, 0.15) is 42.5 Å². The lowest BCUT2D eigenvalue weighted by atomic mass is 9.78. The number of aromatic nitrogens is 1. The average Bonchev–Trinajstić information content (AvgIpc) is 2.45. The highest BCUT2D eigenvalue weighted by molar-refractivity contribution is 5.79. The molecule has 2 atom stereocenters. The van der Waals surface area contributed by atoms with Gasteiger partial charge in [0.25, 0.3) is 5.56 Å². The standard InChI is InChI=1S/C16H21F3N2O2/c1-9-7-10(2)21-15(23)12(9)8-20-14(22)11-5-3-4-6-13(11)16(17,18)19/h7,11,13H,3-6,8H2,1-2H3,(H,20,22)(H,21,23)/t11-,13-/m1/s1. The molecule has 0 saturated heterocycles. The molecule has 1 aliphatic carbocycles. The van der Waals surface area contributed by atoms with Crippen molar-refractivity contribution in [1.82, 2.24) is 10.3 Å². The van der Waals surface area contributed by atoms with Gasteiger partial charge in [0.1, 0.15) is 0 Å². The number of carbonyl (C=O) groups excluding carboxylic acids is 1. The summed E-state index contributed by atoms with van der Waals surface area (Å²) in [6.07, 6.45) is -3.02. The molecule has 1 amide bonds. The van der Waals surface area contributed by atoms with Crippen LogP contribution in [0.3, 0.4) is 0 Å². The zero-order chi connectivity index (χ0) is 17.2. The topological polar surface area (TPSA) is 62.0 Å². The highest BCUT2D eigenvalue weighted by Crippen LogP contribution is 2.41. The number of alkyl halides is 3. The first-order valence-electron chi connectivity index (χ1n) is 7.74. The van der Waals surface area contributed by atoms with Crippen LogP contribution in [0.4, 0.5) is 13.2 Å². The Bertz CT molecular complexity index is 637. The van der Waals surface area contributed by atoms with Crippen molar-refractivity contribution in [3.05, 3.63) is 33.2 Å². The summed E-state index contributed by atoms with van der Waals surface area (Å²) < 4.78 is 39.2. The molecule has 128 valence electrons. The van der Waals surface area contributed by atoms with Crippen LogP contribution in [0.25, 0.3) is 0 Å². The number of rotatable bonds is 3. The molecule has 0 bridgehead atoms. The van der Waals surface area contributed by atoms with Gasteiger partial charge < -0.3 is 10.3 Å². The number of H-pyrrole nitrogens is 1. The second kappa shape index (κ2) is 6.76. The lowest BCUT2D eigenvalue weighted by Gasteiger charge is -2.32. The van der Waals surface area contributed by atoms with E-state index in [1.807, 2.05) is 0 Å². The van der Waals surface area contributed by atoms with Gasteiger partial charge in [0.05, 0.1) is 5.92 Å². The van der Waals surface area contributed by atoms with Crippen molar-refractivity contribution in [2.24, 2.45) is 11.8 Å². The number of halogens is 3. The molecule has 1 aromatic heterocycles. The minimum atomic E-state index is -4.36. The van der Waals surface area contributed by atoms with Crippen LogP contribution in [0.15, 0.2) is 10.9 Å². The van der Waals surface area contributed by atoms with Gasteiger partial charge in [0.2, 0.25) is 5.91 Å². The van der Waals surface area contributed by atoms with Gasteiger partial charge in [0.15, 0.2) is 0 Å². The number of aryl methyl sites for hydroxylation is 2. The summed E-state index contributed by atoms with van der Waals surface area (Å²) in [7, 11) is 0. The Balaban J connectivity index is 2.08.